The zero-order valence-electron chi connectivity index (χ0n) is 11.0. The van der Waals surface area contributed by atoms with Crippen LogP contribution < -0.4 is 5.32 Å². The molecule has 0 fully saturated rings. The zero-order chi connectivity index (χ0) is 14.7. The van der Waals surface area contributed by atoms with Gasteiger partial charge >= 0.3 is 0 Å². The molecular weight excluding hydrogens is 304 g/mol. The third kappa shape index (κ3) is 2.92. The lowest BCUT2D eigenvalue weighted by Crippen LogP contribution is -2.04. The van der Waals surface area contributed by atoms with E-state index in [1.165, 1.54) is 0 Å². The number of benzene rings is 1. The van der Waals surface area contributed by atoms with Crippen molar-refractivity contribution in [3.05, 3.63) is 63.6 Å². The molecule has 0 aliphatic carbocycles. The molecule has 3 rings (SSSR count). The Morgan fingerprint density at radius 3 is 3.00 bits per heavy atom. The monoisotopic (exact) mass is 314 g/mol. The first-order valence-electron chi connectivity index (χ1n) is 6.28. The molecule has 0 atom stereocenters. The van der Waals surface area contributed by atoms with Crippen LogP contribution in [0.5, 0.6) is 0 Å². The summed E-state index contributed by atoms with van der Waals surface area (Å²) in [5.41, 5.74) is 2.41. The van der Waals surface area contributed by atoms with Gasteiger partial charge in [-0.1, -0.05) is 17.7 Å². The Morgan fingerprint density at radius 1 is 1.38 bits per heavy atom. The van der Waals surface area contributed by atoms with Crippen molar-refractivity contribution < 1.29 is 0 Å². The number of aromatic nitrogens is 2. The van der Waals surface area contributed by atoms with E-state index in [0.717, 1.165) is 16.3 Å². The van der Waals surface area contributed by atoms with Gasteiger partial charge in [0.15, 0.2) is 0 Å². The van der Waals surface area contributed by atoms with Crippen LogP contribution in [0.1, 0.15) is 10.4 Å². The molecule has 0 unspecified atom stereocenters. The number of halogens is 1. The van der Waals surface area contributed by atoms with Gasteiger partial charge in [0.2, 0.25) is 0 Å². The summed E-state index contributed by atoms with van der Waals surface area (Å²) in [4.78, 5) is 1.10. The molecule has 0 spiro atoms. The normalized spacial score (nSPS) is 10.3. The highest BCUT2D eigenvalue weighted by Crippen LogP contribution is 2.28. The SMILES string of the molecule is N#Cc1csc(CNc2cccc(Cl)c2-n2cccn2)c1. The lowest BCUT2D eigenvalue weighted by molar-refractivity contribution is 0.880. The van der Waals surface area contributed by atoms with E-state index in [-0.39, 0.29) is 0 Å². The fraction of sp³-hybridized carbons (Fsp3) is 0.0667. The summed E-state index contributed by atoms with van der Waals surface area (Å²) in [6.07, 6.45) is 3.57. The molecule has 0 saturated heterocycles. The quantitative estimate of drug-likeness (QED) is 0.789. The van der Waals surface area contributed by atoms with E-state index < -0.39 is 0 Å². The fourth-order valence-corrected chi connectivity index (χ4v) is 3.02. The number of thiophene rings is 1. The Kier molecular flexibility index (Phi) is 3.91. The molecule has 2 aromatic heterocycles. The first kappa shape index (κ1) is 13.7. The second kappa shape index (κ2) is 6.00. The average Bonchev–Trinajstić information content (AvgIpc) is 3.16. The fourth-order valence-electron chi connectivity index (χ4n) is 2.01. The van der Waals surface area contributed by atoms with Crippen LogP contribution in [0.3, 0.4) is 0 Å². The molecule has 0 bridgehead atoms. The van der Waals surface area contributed by atoms with Crippen molar-refractivity contribution in [2.45, 2.75) is 6.54 Å². The van der Waals surface area contributed by atoms with Gasteiger partial charge in [-0.05, 0) is 24.3 Å². The first-order chi connectivity index (χ1) is 10.3. The summed E-state index contributed by atoms with van der Waals surface area (Å²) in [5.74, 6) is 0. The summed E-state index contributed by atoms with van der Waals surface area (Å²) in [6.45, 7) is 0.640. The van der Waals surface area contributed by atoms with Gasteiger partial charge in [-0.25, -0.2) is 4.68 Å². The molecule has 104 valence electrons. The van der Waals surface area contributed by atoms with Crippen LogP contribution in [0.25, 0.3) is 5.69 Å². The van der Waals surface area contributed by atoms with Crippen LogP contribution in [0, 0.1) is 11.3 Å². The second-order valence-corrected chi connectivity index (χ2v) is 5.76. The van der Waals surface area contributed by atoms with E-state index in [0.29, 0.717) is 17.1 Å². The summed E-state index contributed by atoms with van der Waals surface area (Å²) in [5, 5.41) is 18.9. The maximum absolute atomic E-state index is 8.85. The van der Waals surface area contributed by atoms with Crippen molar-refractivity contribution in [1.82, 2.24) is 9.78 Å². The molecule has 0 radical (unpaired) electrons. The maximum atomic E-state index is 8.85. The van der Waals surface area contributed by atoms with E-state index >= 15 is 0 Å². The van der Waals surface area contributed by atoms with E-state index in [1.54, 1.807) is 22.2 Å². The van der Waals surface area contributed by atoms with Crippen molar-refractivity contribution in [2.75, 3.05) is 5.32 Å². The number of para-hydroxylation sites is 1. The summed E-state index contributed by atoms with van der Waals surface area (Å²) < 4.78 is 1.74. The number of nitrogens with one attached hydrogen (secondary N) is 1. The second-order valence-electron chi connectivity index (χ2n) is 4.35. The van der Waals surface area contributed by atoms with Crippen molar-refractivity contribution in [1.29, 1.82) is 5.26 Å². The number of nitriles is 1. The Labute approximate surface area is 131 Å². The smallest absolute Gasteiger partial charge is 0.106 e. The molecule has 0 saturated carbocycles. The van der Waals surface area contributed by atoms with Crippen LogP contribution >= 0.6 is 22.9 Å². The third-order valence-corrected chi connectivity index (χ3v) is 4.20. The Hall–Kier alpha value is -2.29. The van der Waals surface area contributed by atoms with Gasteiger partial charge < -0.3 is 5.32 Å². The summed E-state index contributed by atoms with van der Waals surface area (Å²) in [7, 11) is 0. The standard InChI is InChI=1S/C15H11ClN4S/c16-13-3-1-4-14(15(13)20-6-2-5-19-20)18-9-12-7-11(8-17)10-21-12/h1-7,10,18H,9H2. The first-order valence-corrected chi connectivity index (χ1v) is 7.53. The van der Waals surface area contributed by atoms with Crippen LogP contribution in [0.2, 0.25) is 5.02 Å². The lowest BCUT2D eigenvalue weighted by Gasteiger charge is -2.13. The molecule has 6 heteroatoms. The molecule has 4 nitrogen and oxygen atoms in total. The van der Waals surface area contributed by atoms with Crippen LogP contribution in [-0.4, -0.2) is 9.78 Å². The minimum Gasteiger partial charge on any atom is -0.378 e. The summed E-state index contributed by atoms with van der Waals surface area (Å²) >= 11 is 7.85. The molecule has 1 N–H and O–H groups in total. The molecule has 21 heavy (non-hydrogen) atoms. The molecule has 2 heterocycles. The van der Waals surface area contributed by atoms with Crippen molar-refractivity contribution in [2.24, 2.45) is 0 Å². The maximum Gasteiger partial charge on any atom is 0.106 e. The van der Waals surface area contributed by atoms with Gasteiger partial charge in [-0.2, -0.15) is 10.4 Å². The highest BCUT2D eigenvalue weighted by Gasteiger charge is 2.09. The van der Waals surface area contributed by atoms with Crippen molar-refractivity contribution in [3.63, 3.8) is 0 Å². The Bertz CT molecular complexity index is 786. The largest absolute Gasteiger partial charge is 0.378 e. The van der Waals surface area contributed by atoms with Crippen molar-refractivity contribution in [3.8, 4) is 11.8 Å². The van der Waals surface area contributed by atoms with Gasteiger partial charge in [0.05, 0.1) is 16.3 Å². The van der Waals surface area contributed by atoms with Gasteiger partial charge in [-0.3, -0.25) is 0 Å². The minimum atomic E-state index is 0.632. The number of hydrogen-bond acceptors (Lipinski definition) is 4. The lowest BCUT2D eigenvalue weighted by atomic mass is 10.2. The van der Waals surface area contributed by atoms with Gasteiger partial charge in [0.25, 0.3) is 0 Å². The number of rotatable bonds is 4. The Balaban J connectivity index is 1.86. The highest BCUT2D eigenvalue weighted by atomic mass is 35.5. The topological polar surface area (TPSA) is 53.6 Å². The minimum absolute atomic E-state index is 0.632. The van der Waals surface area contributed by atoms with E-state index in [4.69, 9.17) is 16.9 Å². The number of anilines is 1. The molecule has 3 aromatic rings. The highest BCUT2D eigenvalue weighted by molar-refractivity contribution is 7.10. The van der Waals surface area contributed by atoms with Crippen molar-refractivity contribution >= 4 is 28.6 Å². The third-order valence-electron chi connectivity index (χ3n) is 2.96. The van der Waals surface area contributed by atoms with E-state index in [1.807, 2.05) is 41.9 Å². The number of nitrogens with zero attached hydrogens (tertiary/aromatic N) is 3. The van der Waals surface area contributed by atoms with Crippen LogP contribution in [-0.2, 0) is 6.54 Å². The predicted molar refractivity (Wildman–Crippen MR) is 84.9 cm³/mol. The summed E-state index contributed by atoms with van der Waals surface area (Å²) in [6, 6.07) is 11.6. The van der Waals surface area contributed by atoms with Crippen LogP contribution in [0.4, 0.5) is 5.69 Å². The molecule has 0 aliphatic rings. The van der Waals surface area contributed by atoms with E-state index in [9.17, 15) is 0 Å². The molecule has 1 aromatic carbocycles. The average molecular weight is 315 g/mol. The number of hydrogen-bond donors (Lipinski definition) is 1. The molecule has 0 aliphatic heterocycles. The van der Waals surface area contributed by atoms with Gasteiger partial charge in [-0.15, -0.1) is 11.3 Å². The van der Waals surface area contributed by atoms with E-state index in [2.05, 4.69) is 16.5 Å². The van der Waals surface area contributed by atoms with Gasteiger partial charge in [0.1, 0.15) is 11.8 Å². The molecule has 0 amide bonds. The molecular formula is C15H11ClN4S. The predicted octanol–water partition coefficient (Wildman–Crippen LogP) is 4.07. The van der Waals surface area contributed by atoms with Gasteiger partial charge in [0, 0.05) is 29.2 Å². The van der Waals surface area contributed by atoms with Crippen LogP contribution in [0.15, 0.2) is 48.1 Å². The Morgan fingerprint density at radius 2 is 2.29 bits per heavy atom. The zero-order valence-corrected chi connectivity index (χ0v) is 12.5.